The van der Waals surface area contributed by atoms with E-state index in [1.165, 1.54) is 0 Å². The maximum Gasteiger partial charge on any atom is 0.118 e. The summed E-state index contributed by atoms with van der Waals surface area (Å²) in [5.74, 6) is 0.765. The minimum absolute atomic E-state index is 0.0440. The van der Waals surface area contributed by atoms with E-state index in [0.29, 0.717) is 13.1 Å². The van der Waals surface area contributed by atoms with Crippen molar-refractivity contribution in [3.63, 3.8) is 0 Å². The van der Waals surface area contributed by atoms with Gasteiger partial charge in [-0.1, -0.05) is 12.1 Å². The number of methoxy groups -OCH3 is 1. The molecule has 1 unspecified atom stereocenters. The fourth-order valence-corrected chi connectivity index (χ4v) is 2.37. The molecule has 1 aromatic carbocycles. The fourth-order valence-electron chi connectivity index (χ4n) is 2.37. The molecule has 20 heavy (non-hydrogen) atoms. The van der Waals surface area contributed by atoms with Crippen LogP contribution < -0.4 is 15.4 Å². The first-order valence-electron chi connectivity index (χ1n) is 6.73. The van der Waals surface area contributed by atoms with E-state index in [1.54, 1.807) is 7.11 Å². The van der Waals surface area contributed by atoms with Crippen LogP contribution in [0.4, 0.5) is 0 Å². The van der Waals surface area contributed by atoms with E-state index in [-0.39, 0.29) is 18.7 Å². The molecule has 0 aromatic heterocycles. The molecular formula is C14H22N2O4. The summed E-state index contributed by atoms with van der Waals surface area (Å²) in [6.07, 6.45) is -1.51. The normalized spacial score (nSPS) is 27.5. The third-order valence-corrected chi connectivity index (χ3v) is 3.68. The molecule has 1 aliphatic heterocycles. The van der Waals surface area contributed by atoms with Crippen LogP contribution in [-0.2, 0) is 0 Å². The molecule has 0 amide bonds. The number of benzene rings is 1. The van der Waals surface area contributed by atoms with Gasteiger partial charge in [0.25, 0.3) is 0 Å². The van der Waals surface area contributed by atoms with Gasteiger partial charge < -0.3 is 30.7 Å². The predicted molar refractivity (Wildman–Crippen MR) is 74.6 cm³/mol. The largest absolute Gasteiger partial charge is 0.497 e. The Balaban J connectivity index is 1.91. The Bertz CT molecular complexity index is 412. The molecule has 2 rings (SSSR count). The van der Waals surface area contributed by atoms with Gasteiger partial charge in [-0.3, -0.25) is 0 Å². The molecule has 1 saturated heterocycles. The molecule has 1 fully saturated rings. The highest BCUT2D eigenvalue weighted by Crippen LogP contribution is 2.18. The van der Waals surface area contributed by atoms with Crippen LogP contribution >= 0.6 is 0 Å². The lowest BCUT2D eigenvalue weighted by molar-refractivity contribution is 0.0399. The molecule has 5 N–H and O–H groups in total. The van der Waals surface area contributed by atoms with Crippen molar-refractivity contribution in [1.29, 1.82) is 0 Å². The fraction of sp³-hybridized carbons (Fsp3) is 0.571. The van der Waals surface area contributed by atoms with E-state index in [0.717, 1.165) is 11.3 Å². The average Bonchev–Trinajstić information content (AvgIpc) is 2.80. The van der Waals surface area contributed by atoms with Gasteiger partial charge in [0.1, 0.15) is 5.75 Å². The van der Waals surface area contributed by atoms with Gasteiger partial charge in [0.05, 0.1) is 32.0 Å². The van der Waals surface area contributed by atoms with E-state index in [9.17, 15) is 15.3 Å². The maximum absolute atomic E-state index is 9.75. The zero-order valence-electron chi connectivity index (χ0n) is 11.5. The van der Waals surface area contributed by atoms with Gasteiger partial charge in [-0.25, -0.2) is 0 Å². The van der Waals surface area contributed by atoms with Crippen molar-refractivity contribution in [3.05, 3.63) is 29.8 Å². The van der Waals surface area contributed by atoms with Crippen LogP contribution in [0.3, 0.4) is 0 Å². The molecule has 0 radical (unpaired) electrons. The molecule has 6 heteroatoms. The molecule has 112 valence electrons. The van der Waals surface area contributed by atoms with Crippen molar-refractivity contribution in [2.45, 2.75) is 24.3 Å². The quantitative estimate of drug-likeness (QED) is 0.460. The average molecular weight is 282 g/mol. The summed E-state index contributed by atoms with van der Waals surface area (Å²) in [6, 6.07) is 7.03. The zero-order valence-corrected chi connectivity index (χ0v) is 11.5. The SMILES string of the molecule is COc1ccc(C(CO)NC[C@H]2NC[C@H](O)[C@@H]2O)cc1. The van der Waals surface area contributed by atoms with E-state index >= 15 is 0 Å². The second-order valence-corrected chi connectivity index (χ2v) is 4.99. The van der Waals surface area contributed by atoms with Crippen LogP contribution in [0.1, 0.15) is 11.6 Å². The van der Waals surface area contributed by atoms with Crippen LogP contribution in [0.2, 0.25) is 0 Å². The second kappa shape index (κ2) is 7.01. The highest BCUT2D eigenvalue weighted by molar-refractivity contribution is 5.29. The third-order valence-electron chi connectivity index (χ3n) is 3.68. The van der Waals surface area contributed by atoms with Crippen molar-refractivity contribution in [3.8, 4) is 5.75 Å². The standard InChI is InChI=1S/C14H22N2O4/c1-20-10-4-2-9(3-5-10)12(8-17)15-6-11-14(19)13(18)7-16-11/h2-5,11-19H,6-8H2,1H3/t11-,12?,13+,14-/m1/s1. The summed E-state index contributed by atoms with van der Waals surface area (Å²) in [5, 5.41) is 34.9. The highest BCUT2D eigenvalue weighted by atomic mass is 16.5. The lowest BCUT2D eigenvalue weighted by Gasteiger charge is -2.22. The Morgan fingerprint density at radius 3 is 2.55 bits per heavy atom. The Hall–Kier alpha value is -1.18. The minimum atomic E-state index is -0.780. The number of β-amino-alcohol motifs (C(OH)–C–C–N with tert-alkyl or cyclic N) is 1. The van der Waals surface area contributed by atoms with E-state index in [1.807, 2.05) is 24.3 Å². The number of nitrogens with one attached hydrogen (secondary N) is 2. The van der Waals surface area contributed by atoms with Gasteiger partial charge in [0.2, 0.25) is 0 Å². The van der Waals surface area contributed by atoms with Gasteiger partial charge in [-0.05, 0) is 17.7 Å². The Kier molecular flexibility index (Phi) is 5.33. The minimum Gasteiger partial charge on any atom is -0.497 e. The van der Waals surface area contributed by atoms with Crippen molar-refractivity contribution >= 4 is 0 Å². The molecule has 1 aliphatic rings. The summed E-state index contributed by atoms with van der Waals surface area (Å²) in [4.78, 5) is 0. The number of aliphatic hydroxyl groups excluding tert-OH is 3. The highest BCUT2D eigenvalue weighted by Gasteiger charge is 2.32. The summed E-state index contributed by atoms with van der Waals surface area (Å²) in [5.41, 5.74) is 0.946. The molecule has 0 aliphatic carbocycles. The number of rotatable bonds is 6. The first kappa shape index (κ1) is 15.2. The monoisotopic (exact) mass is 282 g/mol. The maximum atomic E-state index is 9.75. The number of aliphatic hydroxyl groups is 3. The molecule has 4 atom stereocenters. The summed E-state index contributed by atoms with van der Waals surface area (Å²) >= 11 is 0. The second-order valence-electron chi connectivity index (χ2n) is 4.99. The summed E-state index contributed by atoms with van der Waals surface area (Å²) in [6.45, 7) is 0.813. The lowest BCUT2D eigenvalue weighted by Crippen LogP contribution is -2.43. The molecule has 0 saturated carbocycles. The number of hydrogen-bond acceptors (Lipinski definition) is 6. The van der Waals surface area contributed by atoms with Crippen molar-refractivity contribution in [2.75, 3.05) is 26.8 Å². The Labute approximate surface area is 118 Å². The molecule has 0 bridgehead atoms. The van der Waals surface area contributed by atoms with Crippen LogP contribution in [0.15, 0.2) is 24.3 Å². The van der Waals surface area contributed by atoms with Crippen molar-refractivity contribution < 1.29 is 20.1 Å². The van der Waals surface area contributed by atoms with Crippen LogP contribution in [0.25, 0.3) is 0 Å². The van der Waals surface area contributed by atoms with Crippen LogP contribution in [-0.4, -0.2) is 60.4 Å². The van der Waals surface area contributed by atoms with Crippen molar-refractivity contribution in [2.24, 2.45) is 0 Å². The Morgan fingerprint density at radius 1 is 1.35 bits per heavy atom. The van der Waals surface area contributed by atoms with Gasteiger partial charge in [0.15, 0.2) is 0 Å². The smallest absolute Gasteiger partial charge is 0.118 e. The van der Waals surface area contributed by atoms with Gasteiger partial charge >= 0.3 is 0 Å². The molecule has 0 spiro atoms. The van der Waals surface area contributed by atoms with Gasteiger partial charge in [-0.2, -0.15) is 0 Å². The summed E-state index contributed by atoms with van der Waals surface area (Å²) < 4.78 is 5.10. The van der Waals surface area contributed by atoms with Gasteiger partial charge in [0, 0.05) is 19.1 Å². The lowest BCUT2D eigenvalue weighted by atomic mass is 10.1. The van der Waals surface area contributed by atoms with Crippen molar-refractivity contribution in [1.82, 2.24) is 10.6 Å². The van der Waals surface area contributed by atoms with Crippen LogP contribution in [0.5, 0.6) is 5.75 Å². The molecular weight excluding hydrogens is 260 g/mol. The molecule has 1 aromatic rings. The Morgan fingerprint density at radius 2 is 2.05 bits per heavy atom. The molecule has 6 nitrogen and oxygen atoms in total. The first-order chi connectivity index (χ1) is 9.65. The summed E-state index contributed by atoms with van der Waals surface area (Å²) in [7, 11) is 1.61. The first-order valence-corrected chi connectivity index (χ1v) is 6.73. The van der Waals surface area contributed by atoms with Gasteiger partial charge in [-0.15, -0.1) is 0 Å². The van der Waals surface area contributed by atoms with Crippen LogP contribution in [0, 0.1) is 0 Å². The number of hydrogen-bond donors (Lipinski definition) is 5. The third kappa shape index (κ3) is 3.47. The topological polar surface area (TPSA) is 94.0 Å². The number of ether oxygens (including phenoxy) is 1. The van der Waals surface area contributed by atoms with E-state index < -0.39 is 12.2 Å². The predicted octanol–water partition coefficient (Wildman–Crippen LogP) is -0.988. The molecule has 1 heterocycles. The zero-order chi connectivity index (χ0) is 14.5. The van der Waals surface area contributed by atoms with E-state index in [2.05, 4.69) is 10.6 Å². The van der Waals surface area contributed by atoms with E-state index in [4.69, 9.17) is 4.74 Å².